The van der Waals surface area contributed by atoms with Crippen molar-refractivity contribution in [2.45, 2.75) is 127 Å². The number of carbonyl (C=O) groups is 9. The molecule has 0 saturated carbocycles. The van der Waals surface area contributed by atoms with Crippen molar-refractivity contribution < 1.29 is 68.7 Å². The Kier molecular flexibility index (Phi) is 23.6. The van der Waals surface area contributed by atoms with Crippen LogP contribution >= 0.6 is 11.8 Å². The van der Waals surface area contributed by atoms with Gasteiger partial charge >= 0.3 is 17.9 Å². The van der Waals surface area contributed by atoms with Crippen LogP contribution in [0.1, 0.15) is 77.8 Å². The second-order valence-electron chi connectivity index (χ2n) is 16.2. The third-order valence-electron chi connectivity index (χ3n) is 10.4. The first kappa shape index (κ1) is 55.9. The molecule has 6 amide bonds. The van der Waals surface area contributed by atoms with Crippen LogP contribution in [0.25, 0.3) is 0 Å². The molecule has 22 heteroatoms. The highest BCUT2D eigenvalue weighted by Gasteiger charge is 2.36. The van der Waals surface area contributed by atoms with Crippen LogP contribution in [-0.4, -0.2) is 133 Å². The first-order valence-electron chi connectivity index (χ1n) is 21.4. The van der Waals surface area contributed by atoms with E-state index in [0.717, 1.165) is 5.56 Å². The number of hydrogen-bond acceptors (Lipinski definition) is 13. The van der Waals surface area contributed by atoms with Gasteiger partial charge in [0.05, 0.1) is 6.10 Å². The molecule has 0 aliphatic heterocycles. The van der Waals surface area contributed by atoms with Crippen molar-refractivity contribution in [2.24, 2.45) is 17.6 Å². The highest BCUT2D eigenvalue weighted by molar-refractivity contribution is 7.98. The zero-order chi connectivity index (χ0) is 49.7. The minimum Gasteiger partial charge on any atom is -0.508 e. The second-order valence-corrected chi connectivity index (χ2v) is 17.2. The molecule has 0 spiro atoms. The van der Waals surface area contributed by atoms with Gasteiger partial charge in [0.1, 0.15) is 48.0 Å². The molecular weight excluding hydrogens is 883 g/mol. The normalized spacial score (nSPS) is 15.2. The van der Waals surface area contributed by atoms with Gasteiger partial charge in [-0.2, -0.15) is 11.8 Å². The van der Waals surface area contributed by atoms with Gasteiger partial charge in [-0.3, -0.25) is 38.4 Å². The first-order chi connectivity index (χ1) is 31.0. The number of benzene rings is 2. The Morgan fingerprint density at radius 1 is 0.591 bits per heavy atom. The number of aromatic hydroxyl groups is 1. The summed E-state index contributed by atoms with van der Waals surface area (Å²) in [5.41, 5.74) is 7.23. The summed E-state index contributed by atoms with van der Waals surface area (Å²) >= 11 is 1.24. The smallest absolute Gasteiger partial charge is 0.326 e. The summed E-state index contributed by atoms with van der Waals surface area (Å²) in [5.74, 6) is -10.6. The molecule has 0 aliphatic rings. The van der Waals surface area contributed by atoms with Crippen LogP contribution in [0.4, 0.5) is 0 Å². The lowest BCUT2D eigenvalue weighted by molar-refractivity contribution is -0.143. The summed E-state index contributed by atoms with van der Waals surface area (Å²) in [5, 5.41) is 62.9. The molecule has 364 valence electrons. The van der Waals surface area contributed by atoms with Crippen LogP contribution in [0.3, 0.4) is 0 Å². The van der Waals surface area contributed by atoms with E-state index in [0.29, 0.717) is 17.7 Å². The number of phenolic OH excluding ortho intramolecular Hbond substituents is 1. The maximum atomic E-state index is 14.3. The molecule has 0 aromatic heterocycles. The van der Waals surface area contributed by atoms with Gasteiger partial charge in [0.25, 0.3) is 0 Å². The van der Waals surface area contributed by atoms with Gasteiger partial charge in [0, 0.05) is 30.8 Å². The van der Waals surface area contributed by atoms with Crippen molar-refractivity contribution in [1.82, 2.24) is 31.9 Å². The molecule has 2 aromatic carbocycles. The van der Waals surface area contributed by atoms with E-state index in [9.17, 15) is 63.6 Å². The number of carboxylic acids is 3. The summed E-state index contributed by atoms with van der Waals surface area (Å²) in [6.45, 7) is 7.76. The average molecular weight is 946 g/mol. The van der Waals surface area contributed by atoms with E-state index in [1.54, 1.807) is 13.8 Å². The van der Waals surface area contributed by atoms with Gasteiger partial charge in [-0.05, 0) is 54.9 Å². The predicted octanol–water partition coefficient (Wildman–Crippen LogP) is 0.00130. The number of aliphatic carboxylic acids is 3. The van der Waals surface area contributed by atoms with Gasteiger partial charge in [-0.1, -0.05) is 76.6 Å². The van der Waals surface area contributed by atoms with E-state index in [1.807, 2.05) is 30.3 Å². The van der Waals surface area contributed by atoms with Crippen molar-refractivity contribution in [3.05, 3.63) is 65.7 Å². The number of aliphatic hydroxyl groups is 1. The average Bonchev–Trinajstić information content (AvgIpc) is 3.26. The number of rotatable bonds is 29. The minimum atomic E-state index is -1.62. The standard InChI is InChI=1S/C44H63N7O14S/c1-6-24(4)37(51-39(59)31(48-41(61)35(45)25(5)52)20-26-12-14-28(53)15-13-26)43(63)49-32(22-66-21-27-10-8-7-9-11-27)40(60)46-29(16-18-33(54)55)38(58)50-36(23(2)3)42(62)47-30(44(64)65)17-19-34(56)57/h7-15,23-25,29-32,35-37,52-53H,6,16-22,45H2,1-5H3,(H,46,60)(H,47,62)(H,48,61)(H,49,63)(H,50,58)(H,51,59)(H,54,55)(H,56,57)(H,64,65)/t24-,25+,29-,30-,31-,32-,35-,36-,37-/m0/s1. The van der Waals surface area contributed by atoms with Gasteiger partial charge in [0.15, 0.2) is 0 Å². The number of amides is 6. The number of phenols is 1. The summed E-state index contributed by atoms with van der Waals surface area (Å²) in [4.78, 5) is 117. The lowest BCUT2D eigenvalue weighted by atomic mass is 9.96. The van der Waals surface area contributed by atoms with Gasteiger partial charge in [-0.25, -0.2) is 4.79 Å². The molecule has 66 heavy (non-hydrogen) atoms. The Labute approximate surface area is 386 Å². The largest absolute Gasteiger partial charge is 0.508 e. The summed E-state index contributed by atoms with van der Waals surface area (Å²) in [7, 11) is 0. The molecule has 0 heterocycles. The highest BCUT2D eigenvalue weighted by atomic mass is 32.2. The minimum absolute atomic E-state index is 0.0488. The van der Waals surface area contributed by atoms with Crippen LogP contribution in [0.15, 0.2) is 54.6 Å². The molecule has 9 atom stereocenters. The Balaban J connectivity index is 2.47. The van der Waals surface area contributed by atoms with E-state index >= 15 is 0 Å². The monoisotopic (exact) mass is 945 g/mol. The zero-order valence-corrected chi connectivity index (χ0v) is 38.3. The lowest BCUT2D eigenvalue weighted by Crippen LogP contribution is -2.62. The zero-order valence-electron chi connectivity index (χ0n) is 37.5. The van der Waals surface area contributed by atoms with Crippen molar-refractivity contribution in [2.75, 3.05) is 5.75 Å². The van der Waals surface area contributed by atoms with E-state index in [2.05, 4.69) is 31.9 Å². The van der Waals surface area contributed by atoms with Crippen molar-refractivity contribution >= 4 is 65.1 Å². The van der Waals surface area contributed by atoms with Gasteiger partial charge in [-0.15, -0.1) is 0 Å². The second kappa shape index (κ2) is 27.9. The molecule has 21 nitrogen and oxygen atoms in total. The maximum Gasteiger partial charge on any atom is 0.326 e. The Bertz CT molecular complexity index is 1970. The molecule has 2 rings (SSSR count). The maximum absolute atomic E-state index is 14.3. The fourth-order valence-electron chi connectivity index (χ4n) is 6.22. The number of aliphatic hydroxyl groups excluding tert-OH is 1. The third kappa shape index (κ3) is 19.5. The van der Waals surface area contributed by atoms with Crippen molar-refractivity contribution in [3.8, 4) is 5.75 Å². The highest BCUT2D eigenvalue weighted by Crippen LogP contribution is 2.17. The third-order valence-corrected chi connectivity index (χ3v) is 11.5. The number of nitrogens with two attached hydrogens (primary N) is 1. The molecule has 0 radical (unpaired) electrons. The van der Waals surface area contributed by atoms with Crippen molar-refractivity contribution in [1.29, 1.82) is 0 Å². The molecule has 2 aromatic rings. The quantitative estimate of drug-likeness (QED) is 0.0511. The molecule has 0 saturated heterocycles. The van der Waals surface area contributed by atoms with Crippen LogP contribution in [0.2, 0.25) is 0 Å². The Morgan fingerprint density at radius 2 is 1.08 bits per heavy atom. The number of thioether (sulfide) groups is 1. The Hall–Kier alpha value is -6.26. The Morgan fingerprint density at radius 3 is 1.61 bits per heavy atom. The molecule has 13 N–H and O–H groups in total. The lowest BCUT2D eigenvalue weighted by Gasteiger charge is -2.30. The molecular formula is C44H63N7O14S. The van der Waals surface area contributed by atoms with Gasteiger partial charge < -0.3 is 63.2 Å². The SMILES string of the molecule is CC[C@H](C)[C@H](NC(=O)[C@H](Cc1ccc(O)cc1)NC(=O)[C@@H](N)[C@@H](C)O)C(=O)N[C@@H](CSCc1ccccc1)C(=O)N[C@@H](CCC(=O)O)C(=O)N[C@H](C(=O)N[C@@H](CCC(=O)O)C(=O)O)C(C)C. The summed E-state index contributed by atoms with van der Waals surface area (Å²) in [6.07, 6.45) is -3.20. The number of carbonyl (C=O) groups excluding carboxylic acids is 6. The molecule has 0 unspecified atom stereocenters. The molecule has 0 aliphatic carbocycles. The van der Waals surface area contributed by atoms with Crippen LogP contribution in [-0.2, 0) is 55.3 Å². The topological polar surface area (TPSA) is 353 Å². The fraction of sp³-hybridized carbons (Fsp3) is 0.523. The van der Waals surface area contributed by atoms with E-state index in [4.69, 9.17) is 10.8 Å². The number of hydrogen-bond donors (Lipinski definition) is 12. The molecule has 0 fully saturated rings. The van der Waals surface area contributed by atoms with Crippen LogP contribution in [0.5, 0.6) is 5.75 Å². The van der Waals surface area contributed by atoms with E-state index < -0.39 is 139 Å². The molecule has 0 bridgehead atoms. The number of carboxylic acid groups (broad SMARTS) is 3. The number of nitrogens with one attached hydrogen (secondary N) is 6. The van der Waals surface area contributed by atoms with Gasteiger partial charge in [0.2, 0.25) is 35.4 Å². The summed E-state index contributed by atoms with van der Waals surface area (Å²) < 4.78 is 0. The van der Waals surface area contributed by atoms with Crippen LogP contribution in [0, 0.1) is 11.8 Å². The van der Waals surface area contributed by atoms with Crippen LogP contribution < -0.4 is 37.6 Å². The first-order valence-corrected chi connectivity index (χ1v) is 22.5. The fourth-order valence-corrected chi connectivity index (χ4v) is 7.23. The van der Waals surface area contributed by atoms with E-state index in [-0.39, 0.29) is 17.9 Å². The van der Waals surface area contributed by atoms with E-state index in [1.165, 1.54) is 56.8 Å². The van der Waals surface area contributed by atoms with Crippen molar-refractivity contribution in [3.63, 3.8) is 0 Å². The summed E-state index contributed by atoms with van der Waals surface area (Å²) in [6, 6.07) is 4.80. The predicted molar refractivity (Wildman–Crippen MR) is 241 cm³/mol.